The normalized spacial score (nSPS) is 23.7. The number of hydrogen-bond donors (Lipinski definition) is 3. The van der Waals surface area contributed by atoms with Gasteiger partial charge >= 0.3 is 0 Å². The highest BCUT2D eigenvalue weighted by molar-refractivity contribution is 9.10. The molecule has 0 bridgehead atoms. The second kappa shape index (κ2) is 4.32. The van der Waals surface area contributed by atoms with E-state index < -0.39 is 0 Å². The number of anilines is 2. The van der Waals surface area contributed by atoms with Gasteiger partial charge in [-0.2, -0.15) is 4.98 Å². The molecule has 15 heavy (non-hydrogen) atoms. The molecule has 1 aliphatic carbocycles. The number of rotatable bonds is 4. The fourth-order valence-electron chi connectivity index (χ4n) is 1.59. The maximum absolute atomic E-state index is 5.25. The molecular formula is C9H14BrN5. The number of halogens is 1. The van der Waals surface area contributed by atoms with Crippen molar-refractivity contribution in [2.24, 2.45) is 11.8 Å². The highest BCUT2D eigenvalue weighted by Gasteiger charge is 2.35. The molecule has 82 valence electrons. The summed E-state index contributed by atoms with van der Waals surface area (Å²) in [7, 11) is 0. The van der Waals surface area contributed by atoms with Crippen molar-refractivity contribution in [2.45, 2.75) is 25.8 Å². The minimum atomic E-state index is 0.425. The average Bonchev–Trinajstić information content (AvgIpc) is 3.00. The Morgan fingerprint density at radius 1 is 1.67 bits per heavy atom. The van der Waals surface area contributed by atoms with Crippen LogP contribution in [0.2, 0.25) is 0 Å². The minimum Gasteiger partial charge on any atom is -0.366 e. The molecular weight excluding hydrogens is 258 g/mol. The predicted octanol–water partition coefficient (Wildman–Crippen LogP) is 1.74. The Bertz CT molecular complexity index is 356. The lowest BCUT2D eigenvalue weighted by Gasteiger charge is -2.07. The first-order valence-corrected chi connectivity index (χ1v) is 5.79. The SMILES string of the molecule is CCC1CC1Nc1nc(NN)ncc1Br. The summed E-state index contributed by atoms with van der Waals surface area (Å²) in [5.41, 5.74) is 2.43. The van der Waals surface area contributed by atoms with Crippen LogP contribution < -0.4 is 16.6 Å². The summed E-state index contributed by atoms with van der Waals surface area (Å²) in [6, 6.07) is 0.548. The Kier molecular flexibility index (Phi) is 3.06. The molecule has 5 nitrogen and oxygen atoms in total. The van der Waals surface area contributed by atoms with Crippen LogP contribution in [0, 0.1) is 5.92 Å². The van der Waals surface area contributed by atoms with Crippen LogP contribution in [0.1, 0.15) is 19.8 Å². The molecule has 4 N–H and O–H groups in total. The van der Waals surface area contributed by atoms with Gasteiger partial charge in [-0.15, -0.1) is 0 Å². The Morgan fingerprint density at radius 3 is 3.07 bits per heavy atom. The first-order chi connectivity index (χ1) is 7.24. The molecule has 1 aliphatic rings. The van der Waals surface area contributed by atoms with Crippen LogP contribution in [0.3, 0.4) is 0 Å². The predicted molar refractivity (Wildman–Crippen MR) is 63.4 cm³/mol. The minimum absolute atomic E-state index is 0.425. The van der Waals surface area contributed by atoms with Crippen molar-refractivity contribution < 1.29 is 0 Å². The number of aromatic nitrogens is 2. The summed E-state index contributed by atoms with van der Waals surface area (Å²) in [6.07, 6.45) is 4.12. The van der Waals surface area contributed by atoms with Crippen LogP contribution in [0.15, 0.2) is 10.7 Å². The van der Waals surface area contributed by atoms with Gasteiger partial charge in [0, 0.05) is 12.2 Å². The lowest BCUT2D eigenvalue weighted by molar-refractivity contribution is 0.773. The first kappa shape index (κ1) is 10.6. The van der Waals surface area contributed by atoms with Gasteiger partial charge in [-0.25, -0.2) is 10.8 Å². The van der Waals surface area contributed by atoms with Gasteiger partial charge in [-0.05, 0) is 28.3 Å². The third kappa shape index (κ3) is 2.38. The Balaban J connectivity index is 2.07. The summed E-state index contributed by atoms with van der Waals surface area (Å²) in [5, 5.41) is 3.37. The van der Waals surface area contributed by atoms with Crippen molar-refractivity contribution in [1.82, 2.24) is 9.97 Å². The van der Waals surface area contributed by atoms with Gasteiger partial charge < -0.3 is 5.32 Å². The molecule has 1 fully saturated rings. The monoisotopic (exact) mass is 271 g/mol. The number of hydrazine groups is 1. The lowest BCUT2D eigenvalue weighted by Crippen LogP contribution is -2.13. The summed E-state index contributed by atoms with van der Waals surface area (Å²) in [5.74, 6) is 7.26. The van der Waals surface area contributed by atoms with E-state index in [1.165, 1.54) is 12.8 Å². The average molecular weight is 272 g/mol. The molecule has 0 saturated heterocycles. The molecule has 1 saturated carbocycles. The summed E-state index contributed by atoms with van der Waals surface area (Å²) in [6.45, 7) is 2.20. The molecule has 2 atom stereocenters. The van der Waals surface area contributed by atoms with Gasteiger partial charge in [-0.3, -0.25) is 5.43 Å². The number of hydrogen-bond acceptors (Lipinski definition) is 5. The number of nitrogens with two attached hydrogens (primary N) is 1. The number of nitrogen functional groups attached to an aromatic ring is 1. The van der Waals surface area contributed by atoms with Crippen LogP contribution in [0.5, 0.6) is 0 Å². The van der Waals surface area contributed by atoms with E-state index in [9.17, 15) is 0 Å². The molecule has 1 aromatic heterocycles. The summed E-state index contributed by atoms with van der Waals surface area (Å²) < 4.78 is 0.864. The van der Waals surface area contributed by atoms with E-state index in [4.69, 9.17) is 5.84 Å². The van der Waals surface area contributed by atoms with Crippen LogP contribution in [-0.2, 0) is 0 Å². The third-order valence-electron chi connectivity index (χ3n) is 2.64. The quantitative estimate of drug-likeness (QED) is 0.575. The largest absolute Gasteiger partial charge is 0.366 e. The smallest absolute Gasteiger partial charge is 0.239 e. The molecule has 0 radical (unpaired) electrons. The van der Waals surface area contributed by atoms with Gasteiger partial charge in [0.25, 0.3) is 0 Å². The highest BCUT2D eigenvalue weighted by atomic mass is 79.9. The molecule has 6 heteroatoms. The summed E-state index contributed by atoms with van der Waals surface area (Å²) in [4.78, 5) is 8.22. The summed E-state index contributed by atoms with van der Waals surface area (Å²) >= 11 is 3.40. The van der Waals surface area contributed by atoms with Crippen LogP contribution >= 0.6 is 15.9 Å². The molecule has 2 rings (SSSR count). The molecule has 1 heterocycles. The van der Waals surface area contributed by atoms with E-state index in [0.717, 1.165) is 16.2 Å². The zero-order valence-electron chi connectivity index (χ0n) is 8.50. The maximum atomic E-state index is 5.25. The van der Waals surface area contributed by atoms with E-state index in [0.29, 0.717) is 12.0 Å². The topological polar surface area (TPSA) is 75.9 Å². The zero-order chi connectivity index (χ0) is 10.8. The highest BCUT2D eigenvalue weighted by Crippen LogP contribution is 2.37. The molecule has 0 spiro atoms. The third-order valence-corrected chi connectivity index (χ3v) is 3.22. The lowest BCUT2D eigenvalue weighted by atomic mass is 10.3. The van der Waals surface area contributed by atoms with Gasteiger partial charge in [0.15, 0.2) is 0 Å². The Labute approximate surface area is 97.0 Å². The first-order valence-electron chi connectivity index (χ1n) is 5.00. The molecule has 1 aromatic rings. The van der Waals surface area contributed by atoms with Crippen LogP contribution in [-0.4, -0.2) is 16.0 Å². The molecule has 0 aliphatic heterocycles. The second-order valence-electron chi connectivity index (χ2n) is 3.69. The van der Waals surface area contributed by atoms with E-state index in [2.05, 4.69) is 43.6 Å². The van der Waals surface area contributed by atoms with Crippen LogP contribution in [0.4, 0.5) is 11.8 Å². The zero-order valence-corrected chi connectivity index (χ0v) is 10.1. The van der Waals surface area contributed by atoms with Crippen molar-refractivity contribution in [3.05, 3.63) is 10.7 Å². The van der Waals surface area contributed by atoms with Crippen molar-refractivity contribution in [3.8, 4) is 0 Å². The number of nitrogens with one attached hydrogen (secondary N) is 2. The van der Waals surface area contributed by atoms with Crippen LogP contribution in [0.25, 0.3) is 0 Å². The van der Waals surface area contributed by atoms with Gasteiger partial charge in [0.05, 0.1) is 4.47 Å². The fraction of sp³-hybridized carbons (Fsp3) is 0.556. The Morgan fingerprint density at radius 2 is 2.47 bits per heavy atom. The van der Waals surface area contributed by atoms with Crippen molar-refractivity contribution in [1.29, 1.82) is 0 Å². The standard InChI is InChI=1S/C9H14BrN5/c1-2-5-3-7(5)13-8-6(10)4-12-9(14-8)15-11/h4-5,7H,2-3,11H2,1H3,(H2,12,13,14,15). The van der Waals surface area contributed by atoms with E-state index in [-0.39, 0.29) is 0 Å². The van der Waals surface area contributed by atoms with E-state index >= 15 is 0 Å². The second-order valence-corrected chi connectivity index (χ2v) is 4.54. The Hall–Kier alpha value is -0.880. The van der Waals surface area contributed by atoms with Gasteiger partial charge in [-0.1, -0.05) is 13.3 Å². The number of nitrogens with zero attached hydrogens (tertiary/aromatic N) is 2. The van der Waals surface area contributed by atoms with E-state index in [1.807, 2.05) is 0 Å². The molecule has 2 unspecified atom stereocenters. The van der Waals surface area contributed by atoms with Gasteiger partial charge in [0.1, 0.15) is 5.82 Å². The molecule has 0 aromatic carbocycles. The maximum Gasteiger partial charge on any atom is 0.239 e. The van der Waals surface area contributed by atoms with Gasteiger partial charge in [0.2, 0.25) is 5.95 Å². The fourth-order valence-corrected chi connectivity index (χ4v) is 1.89. The van der Waals surface area contributed by atoms with E-state index in [1.54, 1.807) is 6.20 Å². The van der Waals surface area contributed by atoms with Crippen molar-refractivity contribution >= 4 is 27.7 Å². The van der Waals surface area contributed by atoms with Crippen molar-refractivity contribution in [2.75, 3.05) is 10.7 Å². The molecule has 0 amide bonds. The van der Waals surface area contributed by atoms with Crippen molar-refractivity contribution in [3.63, 3.8) is 0 Å².